The highest BCUT2D eigenvalue weighted by Crippen LogP contribution is 2.01. The molecule has 0 fully saturated rings. The van der Waals surface area contributed by atoms with Crippen LogP contribution in [0, 0.1) is 0 Å². The zero-order valence-corrected chi connectivity index (χ0v) is 10.3. The van der Waals surface area contributed by atoms with E-state index < -0.39 is 0 Å². The first-order chi connectivity index (χ1) is 8.24. The molecule has 17 heavy (non-hydrogen) atoms. The Morgan fingerprint density at radius 3 is 2.76 bits per heavy atom. The topological polar surface area (TPSA) is 29.5 Å². The molecule has 0 aliphatic rings. The largest absolute Gasteiger partial charge is 0.377 e. The molecule has 0 radical (unpaired) electrons. The molecule has 1 aromatic carbocycles. The van der Waals surface area contributed by atoms with Crippen LogP contribution in [0.1, 0.15) is 12.0 Å². The van der Waals surface area contributed by atoms with Gasteiger partial charge in [-0.25, -0.2) is 0 Å². The van der Waals surface area contributed by atoms with Gasteiger partial charge in [-0.3, -0.25) is 4.79 Å². The Morgan fingerprint density at radius 1 is 1.41 bits per heavy atom. The van der Waals surface area contributed by atoms with Gasteiger partial charge in [0, 0.05) is 20.2 Å². The first kappa shape index (κ1) is 13.5. The van der Waals surface area contributed by atoms with Crippen LogP contribution in [0.5, 0.6) is 0 Å². The number of likely N-dealkylation sites (N-methyl/N-ethyl adjacent to an activating group) is 1. The van der Waals surface area contributed by atoms with E-state index in [4.69, 9.17) is 4.74 Å². The highest BCUT2D eigenvalue weighted by molar-refractivity contribution is 5.86. The molecule has 0 heterocycles. The van der Waals surface area contributed by atoms with Gasteiger partial charge in [0.15, 0.2) is 0 Å². The maximum Gasteiger partial charge on any atom is 0.245 e. The van der Waals surface area contributed by atoms with Crippen LogP contribution >= 0.6 is 0 Å². The monoisotopic (exact) mass is 233 g/mol. The Labute approximate surface area is 103 Å². The number of carbonyl (C=O) groups is 1. The highest BCUT2D eigenvalue weighted by Gasteiger charge is 2.02. The summed E-state index contributed by atoms with van der Waals surface area (Å²) in [5.74, 6) is -0.0481. The number of ether oxygens (including phenoxy) is 1. The van der Waals surface area contributed by atoms with E-state index in [0.29, 0.717) is 19.8 Å². The van der Waals surface area contributed by atoms with Gasteiger partial charge < -0.3 is 9.64 Å². The summed E-state index contributed by atoms with van der Waals surface area (Å²) in [4.78, 5) is 12.8. The van der Waals surface area contributed by atoms with Crippen molar-refractivity contribution in [3.05, 3.63) is 48.6 Å². The quantitative estimate of drug-likeness (QED) is 0.534. The summed E-state index contributed by atoms with van der Waals surface area (Å²) < 4.78 is 5.52. The fraction of sp³-hybridized carbons (Fsp3) is 0.357. The van der Waals surface area contributed by atoms with Crippen LogP contribution in [0.2, 0.25) is 0 Å². The smallest absolute Gasteiger partial charge is 0.245 e. The van der Waals surface area contributed by atoms with E-state index in [1.807, 2.05) is 30.3 Å². The molecule has 0 aliphatic heterocycles. The van der Waals surface area contributed by atoms with Gasteiger partial charge in [-0.2, -0.15) is 0 Å². The third kappa shape index (κ3) is 5.31. The van der Waals surface area contributed by atoms with Gasteiger partial charge in [0.25, 0.3) is 0 Å². The Hall–Kier alpha value is -1.61. The van der Waals surface area contributed by atoms with Crippen LogP contribution in [0.4, 0.5) is 0 Å². The first-order valence-corrected chi connectivity index (χ1v) is 5.73. The van der Waals surface area contributed by atoms with Crippen LogP contribution in [-0.4, -0.2) is 31.0 Å². The van der Waals surface area contributed by atoms with E-state index in [2.05, 4.69) is 6.58 Å². The summed E-state index contributed by atoms with van der Waals surface area (Å²) in [6.07, 6.45) is 2.16. The molecule has 0 atom stereocenters. The van der Waals surface area contributed by atoms with Gasteiger partial charge in [0.2, 0.25) is 5.91 Å². The van der Waals surface area contributed by atoms with Gasteiger partial charge >= 0.3 is 0 Å². The van der Waals surface area contributed by atoms with Crippen molar-refractivity contribution in [1.82, 2.24) is 4.90 Å². The summed E-state index contributed by atoms with van der Waals surface area (Å²) in [7, 11) is 1.77. The normalized spacial score (nSPS) is 9.94. The lowest BCUT2D eigenvalue weighted by atomic mass is 10.2. The highest BCUT2D eigenvalue weighted by atomic mass is 16.5. The second kappa shape index (κ2) is 7.63. The molecule has 0 unspecified atom stereocenters. The van der Waals surface area contributed by atoms with Crippen LogP contribution in [0.25, 0.3) is 0 Å². The lowest BCUT2D eigenvalue weighted by Gasteiger charge is -2.14. The van der Waals surface area contributed by atoms with Gasteiger partial charge in [-0.05, 0) is 18.1 Å². The van der Waals surface area contributed by atoms with Gasteiger partial charge in [-0.15, -0.1) is 0 Å². The number of hydrogen-bond donors (Lipinski definition) is 0. The van der Waals surface area contributed by atoms with Crippen molar-refractivity contribution in [2.24, 2.45) is 0 Å². The minimum Gasteiger partial charge on any atom is -0.377 e. The second-order valence-electron chi connectivity index (χ2n) is 3.86. The zero-order valence-electron chi connectivity index (χ0n) is 10.3. The molecule has 1 rings (SSSR count). The van der Waals surface area contributed by atoms with E-state index in [0.717, 1.165) is 6.42 Å². The summed E-state index contributed by atoms with van der Waals surface area (Å²) >= 11 is 0. The number of rotatable bonds is 7. The molecule has 1 aromatic rings. The van der Waals surface area contributed by atoms with Gasteiger partial charge in [0.1, 0.15) is 0 Å². The number of hydrogen-bond acceptors (Lipinski definition) is 2. The van der Waals surface area contributed by atoms with E-state index in [-0.39, 0.29) is 5.91 Å². The lowest BCUT2D eigenvalue weighted by Crippen LogP contribution is -2.26. The molecule has 0 aliphatic carbocycles. The third-order valence-electron chi connectivity index (χ3n) is 2.44. The molecule has 0 N–H and O–H groups in total. The molecular weight excluding hydrogens is 214 g/mol. The summed E-state index contributed by atoms with van der Waals surface area (Å²) in [6, 6.07) is 10.0. The minimum atomic E-state index is -0.0481. The molecule has 0 aromatic heterocycles. The summed E-state index contributed by atoms with van der Waals surface area (Å²) in [5.41, 5.74) is 1.17. The second-order valence-corrected chi connectivity index (χ2v) is 3.86. The Balaban J connectivity index is 2.09. The van der Waals surface area contributed by atoms with Crippen molar-refractivity contribution in [3.63, 3.8) is 0 Å². The molecule has 3 heteroatoms. The minimum absolute atomic E-state index is 0.0481. The molecule has 0 spiro atoms. The Kier molecular flexibility index (Phi) is 6.04. The lowest BCUT2D eigenvalue weighted by molar-refractivity contribution is -0.124. The van der Waals surface area contributed by atoms with Crippen LogP contribution in [-0.2, 0) is 16.1 Å². The molecule has 0 saturated carbocycles. The molecule has 0 bridgehead atoms. The fourth-order valence-electron chi connectivity index (χ4n) is 1.43. The zero-order chi connectivity index (χ0) is 12.5. The van der Waals surface area contributed by atoms with E-state index in [1.165, 1.54) is 11.6 Å². The van der Waals surface area contributed by atoms with Gasteiger partial charge in [0.05, 0.1) is 6.61 Å². The van der Waals surface area contributed by atoms with Crippen molar-refractivity contribution in [3.8, 4) is 0 Å². The van der Waals surface area contributed by atoms with Crippen molar-refractivity contribution >= 4 is 5.91 Å². The van der Waals surface area contributed by atoms with Crippen molar-refractivity contribution < 1.29 is 9.53 Å². The standard InChI is InChI=1S/C14H19NO2/c1-3-14(16)15(2)10-7-11-17-12-13-8-5-4-6-9-13/h3-6,8-9H,1,7,10-12H2,2H3. The molecule has 0 saturated heterocycles. The van der Waals surface area contributed by atoms with E-state index in [9.17, 15) is 4.79 Å². The summed E-state index contributed by atoms with van der Waals surface area (Å²) in [6.45, 7) is 5.42. The SMILES string of the molecule is C=CC(=O)N(C)CCCOCc1ccccc1. The first-order valence-electron chi connectivity index (χ1n) is 5.73. The van der Waals surface area contributed by atoms with Crippen LogP contribution in [0.15, 0.2) is 43.0 Å². The predicted octanol–water partition coefficient (Wildman–Crippen LogP) is 2.24. The van der Waals surface area contributed by atoms with Gasteiger partial charge in [-0.1, -0.05) is 36.9 Å². The average Bonchev–Trinajstić information content (AvgIpc) is 2.38. The molecule has 1 amide bonds. The number of benzene rings is 1. The predicted molar refractivity (Wildman–Crippen MR) is 68.5 cm³/mol. The van der Waals surface area contributed by atoms with Crippen LogP contribution < -0.4 is 0 Å². The molecule has 92 valence electrons. The van der Waals surface area contributed by atoms with Crippen molar-refractivity contribution in [2.75, 3.05) is 20.2 Å². The number of carbonyl (C=O) groups excluding carboxylic acids is 1. The average molecular weight is 233 g/mol. The third-order valence-corrected chi connectivity index (χ3v) is 2.44. The summed E-state index contributed by atoms with van der Waals surface area (Å²) in [5, 5.41) is 0. The maximum atomic E-state index is 11.2. The molecular formula is C14H19NO2. The Bertz CT molecular complexity index is 348. The number of nitrogens with zero attached hydrogens (tertiary/aromatic N) is 1. The van der Waals surface area contributed by atoms with Crippen LogP contribution in [0.3, 0.4) is 0 Å². The van der Waals surface area contributed by atoms with Crippen molar-refractivity contribution in [2.45, 2.75) is 13.0 Å². The Morgan fingerprint density at radius 2 is 2.12 bits per heavy atom. The van der Waals surface area contributed by atoms with Crippen molar-refractivity contribution in [1.29, 1.82) is 0 Å². The van der Waals surface area contributed by atoms with E-state index >= 15 is 0 Å². The number of amides is 1. The molecule has 3 nitrogen and oxygen atoms in total. The fourth-order valence-corrected chi connectivity index (χ4v) is 1.43. The maximum absolute atomic E-state index is 11.2. The van der Waals surface area contributed by atoms with E-state index in [1.54, 1.807) is 11.9 Å².